The van der Waals surface area contributed by atoms with Gasteiger partial charge in [0.2, 0.25) is 5.91 Å². The number of piperidine rings is 1. The van der Waals surface area contributed by atoms with Crippen LogP contribution in [0.4, 0.5) is 0 Å². The summed E-state index contributed by atoms with van der Waals surface area (Å²) in [5.74, 6) is 0.0503. The molecule has 0 bridgehead atoms. The van der Waals surface area contributed by atoms with E-state index in [1.165, 1.54) is 0 Å². The van der Waals surface area contributed by atoms with E-state index in [2.05, 4.69) is 19.7 Å². The predicted octanol–water partition coefficient (Wildman–Crippen LogP) is 2.59. The van der Waals surface area contributed by atoms with Gasteiger partial charge in [0.25, 0.3) is 0 Å². The number of nitrogens with zero attached hydrogens (tertiary/aromatic N) is 1. The fraction of sp³-hybridized carbons (Fsp3) is 0.154. The molecule has 78 valence electrons. The lowest BCUT2D eigenvalue weighted by Gasteiger charge is -2.29. The average molecular weight is 201 g/mol. The molecule has 0 atom stereocenters. The van der Waals surface area contributed by atoms with E-state index in [0.29, 0.717) is 12.1 Å². The predicted molar refractivity (Wildman–Crippen MR) is 63.1 cm³/mol. The molecule has 2 heteroatoms. The molecule has 0 saturated carbocycles. The molecule has 0 aliphatic carbocycles. The Morgan fingerprint density at radius 1 is 1.27 bits per heavy atom. The van der Waals surface area contributed by atoms with Gasteiger partial charge in [0.05, 0.1) is 6.42 Å². The van der Waals surface area contributed by atoms with Crippen molar-refractivity contribution < 1.29 is 4.79 Å². The lowest BCUT2D eigenvalue weighted by atomic mass is 9.94. The molecule has 1 aliphatic rings. The van der Waals surface area contributed by atoms with E-state index >= 15 is 0 Å². The third-order valence-corrected chi connectivity index (χ3v) is 2.38. The molecule has 0 radical (unpaired) electrons. The summed E-state index contributed by atoms with van der Waals surface area (Å²) in [5.41, 5.74) is 2.60. The first-order valence-electron chi connectivity index (χ1n) is 4.72. The second-order valence-electron chi connectivity index (χ2n) is 3.32. The number of hydrogen-bond acceptors (Lipinski definition) is 1. The molecule has 0 unspecified atom stereocenters. The maximum absolute atomic E-state index is 11.6. The van der Waals surface area contributed by atoms with Gasteiger partial charge in [-0.05, 0) is 5.57 Å². The summed E-state index contributed by atoms with van der Waals surface area (Å²) >= 11 is 0. The molecule has 15 heavy (non-hydrogen) atoms. The monoisotopic (exact) mass is 201 g/mol. The van der Waals surface area contributed by atoms with E-state index in [1.54, 1.807) is 24.1 Å². The molecule has 0 N–H and O–H groups in total. The number of carbonyl (C=O) groups is 1. The Balaban J connectivity index is 3.18. The van der Waals surface area contributed by atoms with Crippen molar-refractivity contribution in [2.24, 2.45) is 0 Å². The van der Waals surface area contributed by atoms with Crippen LogP contribution >= 0.6 is 0 Å². The molecular weight excluding hydrogens is 186 g/mol. The van der Waals surface area contributed by atoms with E-state index in [4.69, 9.17) is 0 Å². The Morgan fingerprint density at radius 2 is 1.87 bits per heavy atom. The van der Waals surface area contributed by atoms with Crippen molar-refractivity contribution in [3.63, 3.8) is 0 Å². The van der Waals surface area contributed by atoms with Gasteiger partial charge in [-0.1, -0.05) is 44.0 Å². The van der Waals surface area contributed by atoms with Crippen molar-refractivity contribution in [3.8, 4) is 0 Å². The van der Waals surface area contributed by atoms with Gasteiger partial charge in [-0.2, -0.15) is 0 Å². The Morgan fingerprint density at radius 3 is 2.40 bits per heavy atom. The van der Waals surface area contributed by atoms with Crippen molar-refractivity contribution in [2.75, 3.05) is 7.05 Å². The normalized spacial score (nSPS) is 22.3. The number of carbonyl (C=O) groups excluding carboxylic acids is 1. The fourth-order valence-corrected chi connectivity index (χ4v) is 1.51. The summed E-state index contributed by atoms with van der Waals surface area (Å²) in [7, 11) is 1.73. The van der Waals surface area contributed by atoms with Gasteiger partial charge in [-0.15, -0.1) is 0 Å². The van der Waals surface area contributed by atoms with Crippen LogP contribution in [0.25, 0.3) is 0 Å². The molecule has 0 aromatic rings. The first kappa shape index (κ1) is 11.2. The number of likely N-dealkylation sites (tertiary alicyclic amines) is 1. The highest BCUT2D eigenvalue weighted by atomic mass is 16.2. The molecule has 0 aromatic carbocycles. The molecule has 1 aliphatic heterocycles. The van der Waals surface area contributed by atoms with Gasteiger partial charge in [0.15, 0.2) is 0 Å². The van der Waals surface area contributed by atoms with E-state index in [9.17, 15) is 4.79 Å². The van der Waals surface area contributed by atoms with Crippen molar-refractivity contribution in [2.45, 2.75) is 6.42 Å². The van der Waals surface area contributed by atoms with Gasteiger partial charge in [-0.3, -0.25) is 4.79 Å². The minimum atomic E-state index is 0.0503. The van der Waals surface area contributed by atoms with E-state index in [-0.39, 0.29) is 5.91 Å². The third kappa shape index (κ3) is 2.15. The molecule has 1 heterocycles. The standard InChI is InChI=1S/C13H15NO/c1-5-7-11-9-13(15)14(4)10(3)12(11)8-6-2/h5-8H,1-3,9H2,4H3/b11-7-,12-8-. The summed E-state index contributed by atoms with van der Waals surface area (Å²) in [4.78, 5) is 13.1. The number of rotatable bonds is 2. The second kappa shape index (κ2) is 4.60. The second-order valence-corrected chi connectivity index (χ2v) is 3.32. The quantitative estimate of drug-likeness (QED) is 0.672. The van der Waals surface area contributed by atoms with Crippen LogP contribution < -0.4 is 0 Å². The van der Waals surface area contributed by atoms with Crippen molar-refractivity contribution in [1.29, 1.82) is 0 Å². The number of hydrogen-bond donors (Lipinski definition) is 0. The van der Waals surface area contributed by atoms with Crippen molar-refractivity contribution in [3.05, 3.63) is 60.9 Å². The van der Waals surface area contributed by atoms with Crippen LogP contribution in [0.2, 0.25) is 0 Å². The Kier molecular flexibility index (Phi) is 3.45. The SMILES string of the molecule is C=C/C=C1/CC(=O)N(C)C(=C)/C1=C/C=C. The highest BCUT2D eigenvalue weighted by molar-refractivity contribution is 5.86. The molecular formula is C13H15NO. The van der Waals surface area contributed by atoms with Crippen LogP contribution in [0.1, 0.15) is 6.42 Å². The average Bonchev–Trinajstić information content (AvgIpc) is 2.21. The minimum Gasteiger partial charge on any atom is -0.315 e. The maximum Gasteiger partial charge on any atom is 0.231 e. The van der Waals surface area contributed by atoms with Gasteiger partial charge < -0.3 is 4.90 Å². The zero-order chi connectivity index (χ0) is 11.4. The molecule has 2 nitrogen and oxygen atoms in total. The van der Waals surface area contributed by atoms with Gasteiger partial charge in [0, 0.05) is 18.3 Å². The maximum atomic E-state index is 11.6. The van der Waals surface area contributed by atoms with Gasteiger partial charge in [0.1, 0.15) is 0 Å². The van der Waals surface area contributed by atoms with Crippen LogP contribution in [-0.4, -0.2) is 17.9 Å². The highest BCUT2D eigenvalue weighted by Gasteiger charge is 2.24. The smallest absolute Gasteiger partial charge is 0.231 e. The molecule has 1 fully saturated rings. The first-order valence-corrected chi connectivity index (χ1v) is 4.72. The minimum absolute atomic E-state index is 0.0503. The first-order chi connectivity index (χ1) is 7.11. The number of allylic oxidation sites excluding steroid dienone is 5. The Hall–Kier alpha value is -1.83. The number of amides is 1. The Bertz CT molecular complexity index is 385. The van der Waals surface area contributed by atoms with Crippen LogP contribution in [0.15, 0.2) is 60.9 Å². The molecule has 0 aromatic heterocycles. The summed E-state index contributed by atoms with van der Waals surface area (Å²) in [6.07, 6.45) is 7.46. The van der Waals surface area contributed by atoms with Crippen LogP contribution in [0.3, 0.4) is 0 Å². The summed E-state index contributed by atoms with van der Waals surface area (Å²) in [6, 6.07) is 0. The molecule has 1 saturated heterocycles. The van der Waals surface area contributed by atoms with Crippen LogP contribution in [0.5, 0.6) is 0 Å². The fourth-order valence-electron chi connectivity index (χ4n) is 1.51. The highest BCUT2D eigenvalue weighted by Crippen LogP contribution is 2.29. The lowest BCUT2D eigenvalue weighted by Crippen LogP contribution is -2.31. The largest absolute Gasteiger partial charge is 0.315 e. The molecule has 0 spiro atoms. The van der Waals surface area contributed by atoms with Gasteiger partial charge in [-0.25, -0.2) is 0 Å². The number of likely N-dealkylation sites (N-methyl/N-ethyl adjacent to an activating group) is 1. The van der Waals surface area contributed by atoms with Gasteiger partial charge >= 0.3 is 0 Å². The molecule has 1 rings (SSSR count). The van der Waals surface area contributed by atoms with Crippen LogP contribution in [-0.2, 0) is 4.79 Å². The van der Waals surface area contributed by atoms with Crippen LogP contribution in [0, 0.1) is 0 Å². The Labute approximate surface area is 90.6 Å². The lowest BCUT2D eigenvalue weighted by molar-refractivity contribution is -0.127. The van der Waals surface area contributed by atoms with E-state index in [0.717, 1.165) is 11.1 Å². The molecule has 1 amide bonds. The summed E-state index contributed by atoms with van der Waals surface area (Å²) in [6.45, 7) is 11.2. The third-order valence-electron chi connectivity index (χ3n) is 2.38. The summed E-state index contributed by atoms with van der Waals surface area (Å²) < 4.78 is 0. The topological polar surface area (TPSA) is 20.3 Å². The zero-order valence-corrected chi connectivity index (χ0v) is 8.99. The summed E-state index contributed by atoms with van der Waals surface area (Å²) in [5, 5.41) is 0. The zero-order valence-electron chi connectivity index (χ0n) is 8.99. The van der Waals surface area contributed by atoms with E-state index < -0.39 is 0 Å². The van der Waals surface area contributed by atoms with E-state index in [1.807, 2.05) is 12.2 Å². The van der Waals surface area contributed by atoms with Crippen molar-refractivity contribution in [1.82, 2.24) is 4.90 Å². The van der Waals surface area contributed by atoms with Crippen molar-refractivity contribution >= 4 is 5.91 Å².